The van der Waals surface area contributed by atoms with Crippen LogP contribution in [0, 0.1) is 5.82 Å². The van der Waals surface area contributed by atoms with Crippen molar-refractivity contribution in [1.29, 1.82) is 0 Å². The number of aromatic nitrogens is 1. The van der Waals surface area contributed by atoms with Gasteiger partial charge in [-0.05, 0) is 18.2 Å². The monoisotopic (exact) mass is 274 g/mol. The first kappa shape index (κ1) is 13.4. The van der Waals surface area contributed by atoms with Crippen LogP contribution >= 0.6 is 0 Å². The third-order valence-electron chi connectivity index (χ3n) is 2.56. The van der Waals surface area contributed by atoms with Gasteiger partial charge in [-0.1, -0.05) is 6.07 Å². The minimum atomic E-state index is -4.44. The normalized spacial score (nSPS) is 11.8. The topological polar surface area (TPSA) is 34.0 Å². The SMILES string of the molecule is O=C(Cn1ccc2c(F)cccc21)NCC(F)(F)F. The third-order valence-corrected chi connectivity index (χ3v) is 2.56. The lowest BCUT2D eigenvalue weighted by atomic mass is 10.2. The Hall–Kier alpha value is -2.05. The van der Waals surface area contributed by atoms with Gasteiger partial charge < -0.3 is 9.88 Å². The van der Waals surface area contributed by atoms with Gasteiger partial charge in [0.2, 0.25) is 5.91 Å². The first-order valence-electron chi connectivity index (χ1n) is 5.43. The Morgan fingerprint density at radius 2 is 2.00 bits per heavy atom. The summed E-state index contributed by atoms with van der Waals surface area (Å²) < 4.78 is 50.6. The fourth-order valence-electron chi connectivity index (χ4n) is 1.73. The van der Waals surface area contributed by atoms with Crippen LogP contribution in [0.1, 0.15) is 0 Å². The molecule has 1 amide bonds. The highest BCUT2D eigenvalue weighted by atomic mass is 19.4. The van der Waals surface area contributed by atoms with Gasteiger partial charge in [0.05, 0.1) is 5.52 Å². The van der Waals surface area contributed by atoms with Crippen LogP contribution < -0.4 is 5.32 Å². The van der Waals surface area contributed by atoms with Crippen molar-refractivity contribution < 1.29 is 22.4 Å². The van der Waals surface area contributed by atoms with Gasteiger partial charge >= 0.3 is 6.18 Å². The molecule has 0 saturated carbocycles. The lowest BCUT2D eigenvalue weighted by molar-refractivity contribution is -0.138. The lowest BCUT2D eigenvalue weighted by Crippen LogP contribution is -2.35. The largest absolute Gasteiger partial charge is 0.405 e. The highest BCUT2D eigenvalue weighted by Gasteiger charge is 2.27. The van der Waals surface area contributed by atoms with Crippen molar-refractivity contribution >= 4 is 16.8 Å². The van der Waals surface area contributed by atoms with Crippen molar-refractivity contribution in [3.63, 3.8) is 0 Å². The second-order valence-electron chi connectivity index (χ2n) is 4.01. The maximum atomic E-state index is 13.4. The minimum absolute atomic E-state index is 0.289. The number of nitrogens with one attached hydrogen (secondary N) is 1. The fourth-order valence-corrected chi connectivity index (χ4v) is 1.73. The number of amides is 1. The Morgan fingerprint density at radius 1 is 1.26 bits per heavy atom. The molecule has 1 N–H and O–H groups in total. The number of rotatable bonds is 3. The summed E-state index contributed by atoms with van der Waals surface area (Å²) in [5, 5.41) is 2.09. The van der Waals surface area contributed by atoms with E-state index in [-0.39, 0.29) is 6.54 Å². The summed E-state index contributed by atoms with van der Waals surface area (Å²) in [5.74, 6) is -1.22. The predicted octanol–water partition coefficient (Wildman–Crippen LogP) is 2.46. The molecular formula is C12H10F4N2O. The summed E-state index contributed by atoms with van der Waals surface area (Å²) in [5.41, 5.74) is 0.460. The Kier molecular flexibility index (Phi) is 3.46. The van der Waals surface area contributed by atoms with E-state index in [9.17, 15) is 22.4 Å². The third kappa shape index (κ3) is 3.24. The first-order chi connectivity index (χ1) is 8.87. The number of alkyl halides is 3. The molecule has 0 radical (unpaired) electrons. The van der Waals surface area contributed by atoms with E-state index in [1.807, 2.05) is 0 Å². The van der Waals surface area contributed by atoms with E-state index in [1.165, 1.54) is 29.0 Å². The summed E-state index contributed by atoms with van der Waals surface area (Å²) in [6.45, 7) is -1.66. The Balaban J connectivity index is 2.10. The molecule has 0 saturated heterocycles. The molecule has 2 rings (SSSR count). The number of halogens is 4. The second kappa shape index (κ2) is 4.91. The Morgan fingerprint density at radius 3 is 2.68 bits per heavy atom. The van der Waals surface area contributed by atoms with Gasteiger partial charge in [0.15, 0.2) is 0 Å². The molecule has 0 fully saturated rings. The molecule has 1 heterocycles. The summed E-state index contributed by atoms with van der Waals surface area (Å²) >= 11 is 0. The molecule has 0 atom stereocenters. The van der Waals surface area contributed by atoms with Crippen LogP contribution in [0.15, 0.2) is 30.5 Å². The number of carbonyl (C=O) groups is 1. The average molecular weight is 274 g/mol. The van der Waals surface area contributed by atoms with E-state index in [1.54, 1.807) is 11.4 Å². The van der Waals surface area contributed by atoms with E-state index in [4.69, 9.17) is 0 Å². The predicted molar refractivity (Wildman–Crippen MR) is 61.0 cm³/mol. The van der Waals surface area contributed by atoms with Gasteiger partial charge in [-0.2, -0.15) is 13.2 Å². The Labute approximate surface area is 105 Å². The average Bonchev–Trinajstić information content (AvgIpc) is 2.71. The van der Waals surface area contributed by atoms with Crippen molar-refractivity contribution in [2.45, 2.75) is 12.7 Å². The molecule has 0 spiro atoms. The van der Waals surface area contributed by atoms with Crippen molar-refractivity contribution in [1.82, 2.24) is 9.88 Å². The summed E-state index contributed by atoms with van der Waals surface area (Å²) in [4.78, 5) is 11.4. The molecule has 7 heteroatoms. The molecule has 1 aromatic heterocycles. The van der Waals surface area contributed by atoms with Crippen molar-refractivity contribution in [3.8, 4) is 0 Å². The zero-order chi connectivity index (χ0) is 14.0. The van der Waals surface area contributed by atoms with Crippen molar-refractivity contribution in [2.24, 2.45) is 0 Å². The van der Waals surface area contributed by atoms with Crippen LogP contribution in [0.2, 0.25) is 0 Å². The molecular weight excluding hydrogens is 264 g/mol. The molecule has 0 aliphatic heterocycles. The molecule has 0 bridgehead atoms. The van der Waals surface area contributed by atoms with Crippen LogP contribution in [0.4, 0.5) is 17.6 Å². The minimum Gasteiger partial charge on any atom is -0.345 e. The van der Waals surface area contributed by atoms with Crippen molar-refractivity contribution in [3.05, 3.63) is 36.3 Å². The molecule has 2 aromatic rings. The van der Waals surface area contributed by atoms with Gasteiger partial charge in [0.25, 0.3) is 0 Å². The molecule has 0 aliphatic rings. The molecule has 19 heavy (non-hydrogen) atoms. The maximum absolute atomic E-state index is 13.4. The van der Waals surface area contributed by atoms with E-state index >= 15 is 0 Å². The van der Waals surface area contributed by atoms with Crippen LogP contribution in [0.3, 0.4) is 0 Å². The lowest BCUT2D eigenvalue weighted by Gasteiger charge is -2.09. The quantitative estimate of drug-likeness (QED) is 0.857. The van der Waals surface area contributed by atoms with Crippen LogP contribution in [-0.4, -0.2) is 23.2 Å². The van der Waals surface area contributed by atoms with Crippen LogP contribution in [-0.2, 0) is 11.3 Å². The molecule has 3 nitrogen and oxygen atoms in total. The first-order valence-corrected chi connectivity index (χ1v) is 5.43. The number of fused-ring (bicyclic) bond motifs is 1. The maximum Gasteiger partial charge on any atom is 0.405 e. The van der Waals surface area contributed by atoms with Crippen LogP contribution in [0.25, 0.3) is 10.9 Å². The Bertz CT molecular complexity index is 603. The zero-order valence-corrected chi connectivity index (χ0v) is 9.67. The van der Waals surface area contributed by atoms with E-state index < -0.39 is 24.4 Å². The standard InChI is InChI=1S/C12H10F4N2O/c13-9-2-1-3-10-8(9)4-5-18(10)6-11(19)17-7-12(14,15)16/h1-5H,6-7H2,(H,17,19). The second-order valence-corrected chi connectivity index (χ2v) is 4.01. The number of nitrogens with zero attached hydrogens (tertiary/aromatic N) is 1. The van der Waals surface area contributed by atoms with Gasteiger partial charge in [-0.15, -0.1) is 0 Å². The van der Waals surface area contributed by atoms with Gasteiger partial charge in [-0.25, -0.2) is 4.39 Å². The van der Waals surface area contributed by atoms with Gasteiger partial charge in [-0.3, -0.25) is 4.79 Å². The highest BCUT2D eigenvalue weighted by molar-refractivity contribution is 5.83. The molecule has 0 aliphatic carbocycles. The smallest absolute Gasteiger partial charge is 0.345 e. The molecule has 0 unspecified atom stereocenters. The summed E-state index contributed by atoms with van der Waals surface area (Å²) in [6.07, 6.45) is -2.98. The number of carbonyl (C=O) groups excluding carboxylic acids is 1. The number of hydrogen-bond acceptors (Lipinski definition) is 1. The highest BCUT2D eigenvalue weighted by Crippen LogP contribution is 2.18. The fraction of sp³-hybridized carbons (Fsp3) is 0.250. The van der Waals surface area contributed by atoms with Gasteiger partial charge in [0, 0.05) is 11.6 Å². The van der Waals surface area contributed by atoms with Crippen molar-refractivity contribution in [2.75, 3.05) is 6.54 Å². The van der Waals surface area contributed by atoms with E-state index in [0.29, 0.717) is 10.9 Å². The van der Waals surface area contributed by atoms with Gasteiger partial charge in [0.1, 0.15) is 18.9 Å². The molecule has 102 valence electrons. The van der Waals surface area contributed by atoms with E-state index in [0.717, 1.165) is 0 Å². The summed E-state index contributed by atoms with van der Waals surface area (Å²) in [7, 11) is 0. The molecule has 1 aromatic carbocycles. The zero-order valence-electron chi connectivity index (χ0n) is 9.67. The summed E-state index contributed by atoms with van der Waals surface area (Å²) in [6, 6.07) is 5.81. The number of benzene rings is 1. The van der Waals surface area contributed by atoms with Crippen LogP contribution in [0.5, 0.6) is 0 Å². The number of hydrogen-bond donors (Lipinski definition) is 1. The van der Waals surface area contributed by atoms with E-state index in [2.05, 4.69) is 0 Å².